The van der Waals surface area contributed by atoms with Crippen molar-refractivity contribution < 1.29 is 14.3 Å². The molecule has 0 fully saturated rings. The molecule has 0 saturated heterocycles. The Labute approximate surface area is 123 Å². The minimum Gasteiger partial charge on any atom is -0.434 e. The fourth-order valence-electron chi connectivity index (χ4n) is 2.08. The van der Waals surface area contributed by atoms with Crippen molar-refractivity contribution in [2.24, 2.45) is 0 Å². The first-order valence-corrected chi connectivity index (χ1v) is 7.17. The van der Waals surface area contributed by atoms with Gasteiger partial charge in [-0.3, -0.25) is 0 Å². The van der Waals surface area contributed by atoms with Crippen LogP contribution in [0.2, 0.25) is 5.02 Å². The number of carbonyl (C=O) groups is 1. The maximum atomic E-state index is 11.5. The van der Waals surface area contributed by atoms with Crippen LogP contribution >= 0.6 is 11.6 Å². The zero-order valence-electron chi connectivity index (χ0n) is 11.7. The molecule has 2 aromatic rings. The van der Waals surface area contributed by atoms with Crippen molar-refractivity contribution in [3.8, 4) is 5.88 Å². The van der Waals surface area contributed by atoms with Crippen LogP contribution in [0.5, 0.6) is 5.88 Å². The highest BCUT2D eigenvalue weighted by atomic mass is 35.5. The molecule has 0 spiro atoms. The van der Waals surface area contributed by atoms with Crippen LogP contribution in [0.1, 0.15) is 26.7 Å². The lowest BCUT2D eigenvalue weighted by Crippen LogP contribution is -2.13. The number of rotatable bonds is 5. The second-order valence-electron chi connectivity index (χ2n) is 4.48. The number of carbonyl (C=O) groups excluding carboxylic acids is 1. The fraction of sp³-hybridized carbons (Fsp3) is 0.400. The molecular weight excluding hydrogens is 278 g/mol. The predicted octanol–water partition coefficient (Wildman–Crippen LogP) is 4.63. The molecule has 0 saturated carbocycles. The van der Waals surface area contributed by atoms with E-state index in [1.54, 1.807) is 6.92 Å². The summed E-state index contributed by atoms with van der Waals surface area (Å²) in [5.41, 5.74) is 1.00. The molecular formula is C15H18ClNO3. The van der Waals surface area contributed by atoms with Crippen LogP contribution in [0.4, 0.5) is 4.79 Å². The maximum Gasteiger partial charge on any atom is 0.515 e. The van der Waals surface area contributed by atoms with Gasteiger partial charge in [-0.05, 0) is 31.5 Å². The number of hydrogen-bond acceptors (Lipinski definition) is 3. The largest absolute Gasteiger partial charge is 0.515 e. The Morgan fingerprint density at radius 1 is 1.30 bits per heavy atom. The summed E-state index contributed by atoms with van der Waals surface area (Å²) in [6, 6.07) is 7.44. The number of fused-ring (bicyclic) bond motifs is 1. The maximum absolute atomic E-state index is 11.5. The first-order chi connectivity index (χ1) is 9.65. The Kier molecular flexibility index (Phi) is 4.90. The molecule has 0 amide bonds. The van der Waals surface area contributed by atoms with E-state index in [4.69, 9.17) is 21.1 Å². The van der Waals surface area contributed by atoms with Gasteiger partial charge < -0.3 is 14.0 Å². The molecule has 2 rings (SSSR count). The van der Waals surface area contributed by atoms with Crippen molar-refractivity contribution >= 4 is 28.7 Å². The molecule has 0 aliphatic rings. The minimum atomic E-state index is -0.681. The third kappa shape index (κ3) is 3.25. The van der Waals surface area contributed by atoms with E-state index in [9.17, 15) is 4.79 Å². The van der Waals surface area contributed by atoms with Crippen molar-refractivity contribution in [3.05, 3.63) is 29.3 Å². The van der Waals surface area contributed by atoms with E-state index in [-0.39, 0.29) is 0 Å². The van der Waals surface area contributed by atoms with Gasteiger partial charge >= 0.3 is 6.16 Å². The Morgan fingerprint density at radius 2 is 2.10 bits per heavy atom. The van der Waals surface area contributed by atoms with Gasteiger partial charge in [0.1, 0.15) is 0 Å². The van der Waals surface area contributed by atoms with E-state index in [0.717, 1.165) is 30.3 Å². The molecule has 1 aromatic carbocycles. The number of hydrogen-bond donors (Lipinski definition) is 0. The molecule has 1 aromatic heterocycles. The number of aryl methyl sites for hydroxylation is 1. The summed E-state index contributed by atoms with van der Waals surface area (Å²) in [7, 11) is 0. The van der Waals surface area contributed by atoms with Gasteiger partial charge in [-0.25, -0.2) is 4.79 Å². The minimum absolute atomic E-state index is 0.292. The molecule has 0 atom stereocenters. The summed E-state index contributed by atoms with van der Waals surface area (Å²) in [5, 5.41) is 1.61. The van der Waals surface area contributed by atoms with E-state index >= 15 is 0 Å². The van der Waals surface area contributed by atoms with Gasteiger partial charge in [0.05, 0.1) is 12.1 Å². The number of benzene rings is 1. The lowest BCUT2D eigenvalue weighted by Gasteiger charge is -2.09. The Bertz CT molecular complexity index is 606. The van der Waals surface area contributed by atoms with Gasteiger partial charge in [0.2, 0.25) is 5.88 Å². The van der Waals surface area contributed by atoms with Crippen molar-refractivity contribution in [2.75, 3.05) is 6.61 Å². The molecule has 4 nitrogen and oxygen atoms in total. The molecule has 5 heteroatoms. The molecule has 1 heterocycles. The lowest BCUT2D eigenvalue weighted by molar-refractivity contribution is 0.101. The summed E-state index contributed by atoms with van der Waals surface area (Å²) < 4.78 is 12.1. The van der Waals surface area contributed by atoms with E-state index in [2.05, 4.69) is 6.92 Å². The van der Waals surface area contributed by atoms with Gasteiger partial charge in [-0.2, -0.15) is 0 Å². The highest BCUT2D eigenvalue weighted by Crippen LogP contribution is 2.28. The van der Waals surface area contributed by atoms with Crippen molar-refractivity contribution in [1.82, 2.24) is 4.57 Å². The molecule has 0 N–H and O–H groups in total. The topological polar surface area (TPSA) is 40.5 Å². The highest BCUT2D eigenvalue weighted by Gasteiger charge is 2.14. The average molecular weight is 296 g/mol. The summed E-state index contributed by atoms with van der Waals surface area (Å²) in [6.07, 6.45) is 1.39. The zero-order chi connectivity index (χ0) is 14.5. The van der Waals surface area contributed by atoms with Crippen molar-refractivity contribution in [1.29, 1.82) is 0 Å². The van der Waals surface area contributed by atoms with E-state index in [1.807, 2.05) is 28.8 Å². The van der Waals surface area contributed by atoms with Crippen molar-refractivity contribution in [3.63, 3.8) is 0 Å². The number of aromatic nitrogens is 1. The first kappa shape index (κ1) is 14.7. The summed E-state index contributed by atoms with van der Waals surface area (Å²) in [5.74, 6) is 0.495. The summed E-state index contributed by atoms with van der Waals surface area (Å²) in [4.78, 5) is 11.5. The van der Waals surface area contributed by atoms with Crippen LogP contribution in [0.15, 0.2) is 24.3 Å². The monoisotopic (exact) mass is 295 g/mol. The van der Waals surface area contributed by atoms with E-state index < -0.39 is 6.16 Å². The standard InChI is InChI=1S/C15H18ClNO3/c1-3-5-8-17-13-7-6-12(16)9-11(13)10-14(17)20-15(18)19-4-2/h6-7,9-10H,3-5,8H2,1-2H3. The van der Waals surface area contributed by atoms with Crippen LogP contribution < -0.4 is 4.74 Å². The average Bonchev–Trinajstić information content (AvgIpc) is 2.73. The van der Waals surface area contributed by atoms with Gasteiger partial charge in [-0.1, -0.05) is 24.9 Å². The van der Waals surface area contributed by atoms with E-state index in [0.29, 0.717) is 17.5 Å². The molecule has 0 aliphatic carbocycles. The number of ether oxygens (including phenoxy) is 2. The van der Waals surface area contributed by atoms with E-state index in [1.165, 1.54) is 0 Å². The summed E-state index contributed by atoms with van der Waals surface area (Å²) >= 11 is 6.00. The molecule has 0 unspecified atom stereocenters. The van der Waals surface area contributed by atoms with Gasteiger partial charge in [0.15, 0.2) is 0 Å². The van der Waals surface area contributed by atoms with Crippen LogP contribution in [-0.2, 0) is 11.3 Å². The predicted molar refractivity (Wildman–Crippen MR) is 79.5 cm³/mol. The Morgan fingerprint density at radius 3 is 2.80 bits per heavy atom. The Balaban J connectivity index is 2.37. The fourth-order valence-corrected chi connectivity index (χ4v) is 2.26. The molecule has 0 bridgehead atoms. The molecule has 0 radical (unpaired) electrons. The van der Waals surface area contributed by atoms with Crippen LogP contribution in [0.3, 0.4) is 0 Å². The molecule has 0 aliphatic heterocycles. The van der Waals surface area contributed by atoms with Crippen LogP contribution in [0, 0.1) is 0 Å². The first-order valence-electron chi connectivity index (χ1n) is 6.79. The lowest BCUT2D eigenvalue weighted by atomic mass is 10.2. The quantitative estimate of drug-likeness (QED) is 0.755. The van der Waals surface area contributed by atoms with Gasteiger partial charge in [-0.15, -0.1) is 0 Å². The third-order valence-corrected chi connectivity index (χ3v) is 3.25. The van der Waals surface area contributed by atoms with Crippen LogP contribution in [0.25, 0.3) is 10.9 Å². The third-order valence-electron chi connectivity index (χ3n) is 3.01. The number of unbranched alkanes of at least 4 members (excludes halogenated alkanes) is 1. The Hall–Kier alpha value is -1.68. The smallest absolute Gasteiger partial charge is 0.434 e. The SMILES string of the molecule is CCCCn1c(OC(=O)OCC)cc2cc(Cl)ccc21. The molecule has 108 valence electrons. The second-order valence-corrected chi connectivity index (χ2v) is 4.91. The second kappa shape index (κ2) is 6.66. The highest BCUT2D eigenvalue weighted by molar-refractivity contribution is 6.31. The number of nitrogens with zero attached hydrogens (tertiary/aromatic N) is 1. The summed E-state index contributed by atoms with van der Waals surface area (Å²) in [6.45, 7) is 4.94. The molecule has 20 heavy (non-hydrogen) atoms. The van der Waals surface area contributed by atoms with Crippen LogP contribution in [-0.4, -0.2) is 17.3 Å². The van der Waals surface area contributed by atoms with Gasteiger partial charge in [0, 0.05) is 23.0 Å². The number of halogens is 1. The zero-order valence-corrected chi connectivity index (χ0v) is 12.4. The normalized spacial score (nSPS) is 10.8. The van der Waals surface area contributed by atoms with Crippen molar-refractivity contribution in [2.45, 2.75) is 33.2 Å². The van der Waals surface area contributed by atoms with Gasteiger partial charge in [0.25, 0.3) is 0 Å².